The highest BCUT2D eigenvalue weighted by atomic mass is 32.2. The number of para-hydroxylation sites is 1. The average molecular weight is 570 g/mol. The van der Waals surface area contributed by atoms with Crippen LogP contribution in [0, 0.1) is 12.8 Å². The van der Waals surface area contributed by atoms with Crippen molar-refractivity contribution in [2.24, 2.45) is 5.92 Å². The van der Waals surface area contributed by atoms with Crippen LogP contribution in [0.1, 0.15) is 49.2 Å². The lowest BCUT2D eigenvalue weighted by Crippen LogP contribution is -2.52. The Labute approximate surface area is 234 Å². The van der Waals surface area contributed by atoms with Crippen molar-refractivity contribution in [1.82, 2.24) is 14.9 Å². The molecule has 0 aliphatic carbocycles. The van der Waals surface area contributed by atoms with Crippen LogP contribution in [0.25, 0.3) is 11.0 Å². The van der Waals surface area contributed by atoms with Crippen molar-refractivity contribution in [3.8, 4) is 5.75 Å². The molecule has 1 aromatic heterocycles. The lowest BCUT2D eigenvalue weighted by atomic mass is 10.0. The third-order valence-electron chi connectivity index (χ3n) is 7.00. The van der Waals surface area contributed by atoms with Crippen LogP contribution >= 0.6 is 0 Å². The van der Waals surface area contributed by atoms with Gasteiger partial charge in [0.05, 0.1) is 24.6 Å². The number of aryl methyl sites for hydroxylation is 1. The van der Waals surface area contributed by atoms with Gasteiger partial charge in [-0.2, -0.15) is 4.31 Å². The van der Waals surface area contributed by atoms with E-state index in [1.807, 2.05) is 32.0 Å². The minimum absolute atomic E-state index is 0.0303. The van der Waals surface area contributed by atoms with E-state index >= 15 is 0 Å². The second kappa shape index (κ2) is 12.2. The maximum absolute atomic E-state index is 13.3. The molecule has 10 nitrogen and oxygen atoms in total. The number of Topliss-reactive ketones (excluding diaryl/α,β-unsaturated/α-hetero) is 1. The van der Waals surface area contributed by atoms with Gasteiger partial charge in [-0.25, -0.2) is 8.42 Å². The molecule has 1 aliphatic heterocycles. The third kappa shape index (κ3) is 6.37. The Bertz CT molecular complexity index is 1510. The number of amides is 2. The first kappa shape index (κ1) is 29.3. The fourth-order valence-electron chi connectivity index (χ4n) is 4.85. The summed E-state index contributed by atoms with van der Waals surface area (Å²) in [5.74, 6) is -0.841. The van der Waals surface area contributed by atoms with E-state index in [0.29, 0.717) is 29.7 Å². The first-order chi connectivity index (χ1) is 19.0. The first-order valence-corrected chi connectivity index (χ1v) is 14.7. The van der Waals surface area contributed by atoms with Crippen molar-refractivity contribution < 1.29 is 32.0 Å². The zero-order valence-electron chi connectivity index (χ0n) is 23.1. The van der Waals surface area contributed by atoms with Gasteiger partial charge in [0.25, 0.3) is 5.91 Å². The van der Waals surface area contributed by atoms with Crippen molar-refractivity contribution in [1.29, 1.82) is 0 Å². The predicted molar refractivity (Wildman–Crippen MR) is 150 cm³/mol. The Kier molecular flexibility index (Phi) is 8.95. The summed E-state index contributed by atoms with van der Waals surface area (Å²) in [4.78, 5) is 39.7. The molecule has 2 unspecified atom stereocenters. The monoisotopic (exact) mass is 569 g/mol. The van der Waals surface area contributed by atoms with E-state index in [-0.39, 0.29) is 36.1 Å². The van der Waals surface area contributed by atoms with Crippen molar-refractivity contribution in [3.63, 3.8) is 0 Å². The molecule has 0 saturated carbocycles. The van der Waals surface area contributed by atoms with Crippen LogP contribution in [0.4, 0.5) is 0 Å². The third-order valence-corrected chi connectivity index (χ3v) is 8.84. The molecule has 1 saturated heterocycles. The van der Waals surface area contributed by atoms with Crippen LogP contribution in [0.3, 0.4) is 0 Å². The smallest absolute Gasteiger partial charge is 0.287 e. The van der Waals surface area contributed by atoms with Gasteiger partial charge in [0.15, 0.2) is 11.5 Å². The van der Waals surface area contributed by atoms with E-state index < -0.39 is 39.7 Å². The fourth-order valence-corrected chi connectivity index (χ4v) is 6.33. The second-order valence-electron chi connectivity index (χ2n) is 10.4. The van der Waals surface area contributed by atoms with Crippen LogP contribution < -0.4 is 15.4 Å². The van der Waals surface area contributed by atoms with Crippen LogP contribution in [-0.4, -0.2) is 62.6 Å². The standard InChI is InChI=1S/C29H35N3O7S/c1-18(2)15-24(31-29(35)27-19(3)22-11-5-6-13-26(22)39-27)28(34)30-23-12-8-14-32(17-25(23)33)40(36,37)21-10-7-9-20(16-21)38-4/h5-7,9-11,13,16,18,23-24H,8,12,14-15,17H2,1-4H3,(H,30,34)(H,31,35). The Balaban J connectivity index is 1.46. The zero-order chi connectivity index (χ0) is 29.0. The molecule has 2 N–H and O–H groups in total. The number of hydrogen-bond acceptors (Lipinski definition) is 7. The number of hydrogen-bond donors (Lipinski definition) is 2. The van der Waals surface area contributed by atoms with Crippen LogP contribution in [0.2, 0.25) is 0 Å². The highest BCUT2D eigenvalue weighted by Crippen LogP contribution is 2.26. The maximum atomic E-state index is 13.3. The lowest BCUT2D eigenvalue weighted by molar-refractivity contribution is -0.129. The summed E-state index contributed by atoms with van der Waals surface area (Å²) in [5.41, 5.74) is 1.25. The zero-order valence-corrected chi connectivity index (χ0v) is 23.9. The van der Waals surface area contributed by atoms with Crippen LogP contribution in [-0.2, 0) is 19.6 Å². The summed E-state index contributed by atoms with van der Waals surface area (Å²) < 4.78 is 38.5. The molecule has 2 atom stereocenters. The Morgan fingerprint density at radius 1 is 1.15 bits per heavy atom. The fraction of sp³-hybridized carbons (Fsp3) is 0.414. The highest BCUT2D eigenvalue weighted by Gasteiger charge is 2.35. The molecule has 40 heavy (non-hydrogen) atoms. The van der Waals surface area contributed by atoms with Crippen molar-refractivity contribution >= 4 is 38.6 Å². The van der Waals surface area contributed by atoms with Crippen molar-refractivity contribution in [2.45, 2.75) is 57.0 Å². The van der Waals surface area contributed by atoms with Gasteiger partial charge in [0.1, 0.15) is 17.4 Å². The quantitative estimate of drug-likeness (QED) is 0.403. The minimum atomic E-state index is -3.94. The van der Waals surface area contributed by atoms with Gasteiger partial charge < -0.3 is 19.8 Å². The molecular weight excluding hydrogens is 534 g/mol. The molecule has 0 radical (unpaired) electrons. The number of furan rings is 1. The van der Waals surface area contributed by atoms with Gasteiger partial charge in [-0.05, 0) is 50.3 Å². The maximum Gasteiger partial charge on any atom is 0.287 e. The topological polar surface area (TPSA) is 135 Å². The number of fused-ring (bicyclic) bond motifs is 1. The normalized spacial score (nSPS) is 17.4. The molecule has 0 bridgehead atoms. The van der Waals surface area contributed by atoms with Gasteiger partial charge in [0, 0.05) is 23.6 Å². The number of ketones is 1. The van der Waals surface area contributed by atoms with E-state index in [9.17, 15) is 22.8 Å². The van der Waals surface area contributed by atoms with Crippen molar-refractivity contribution in [2.75, 3.05) is 20.2 Å². The summed E-state index contributed by atoms with van der Waals surface area (Å²) in [7, 11) is -2.50. The molecule has 2 amide bonds. The molecule has 2 heterocycles. The number of nitrogens with one attached hydrogen (secondary N) is 2. The summed E-state index contributed by atoms with van der Waals surface area (Å²) in [5, 5.41) is 6.36. The number of carbonyl (C=O) groups excluding carboxylic acids is 3. The molecule has 214 valence electrons. The summed E-state index contributed by atoms with van der Waals surface area (Å²) >= 11 is 0. The van der Waals surface area contributed by atoms with Gasteiger partial charge in [-0.3, -0.25) is 14.4 Å². The number of methoxy groups -OCH3 is 1. The Morgan fingerprint density at radius 3 is 2.60 bits per heavy atom. The van der Waals surface area contributed by atoms with E-state index in [1.165, 1.54) is 19.2 Å². The Hall–Kier alpha value is -3.70. The van der Waals surface area contributed by atoms with Gasteiger partial charge in [0.2, 0.25) is 15.9 Å². The molecule has 1 aliphatic rings. The number of sulfonamides is 1. The van der Waals surface area contributed by atoms with Gasteiger partial charge in [-0.1, -0.05) is 38.1 Å². The molecule has 2 aromatic carbocycles. The number of nitrogens with zero attached hydrogens (tertiary/aromatic N) is 1. The number of carbonyl (C=O) groups is 3. The van der Waals surface area contributed by atoms with Gasteiger partial charge >= 0.3 is 0 Å². The lowest BCUT2D eigenvalue weighted by Gasteiger charge is -2.23. The molecule has 11 heteroatoms. The van der Waals surface area contributed by atoms with E-state index in [0.717, 1.165) is 9.69 Å². The predicted octanol–water partition coefficient (Wildman–Crippen LogP) is 3.43. The molecule has 4 rings (SSSR count). The number of rotatable bonds is 9. The average Bonchev–Trinajstić information content (AvgIpc) is 3.15. The highest BCUT2D eigenvalue weighted by molar-refractivity contribution is 7.89. The summed E-state index contributed by atoms with van der Waals surface area (Å²) in [6, 6.07) is 11.6. The van der Waals surface area contributed by atoms with E-state index in [4.69, 9.17) is 9.15 Å². The number of benzene rings is 2. The van der Waals surface area contributed by atoms with Crippen LogP contribution in [0.5, 0.6) is 5.75 Å². The Morgan fingerprint density at radius 2 is 1.90 bits per heavy atom. The largest absolute Gasteiger partial charge is 0.497 e. The van der Waals surface area contributed by atoms with Crippen molar-refractivity contribution in [3.05, 3.63) is 59.9 Å². The summed E-state index contributed by atoms with van der Waals surface area (Å²) in [6.07, 6.45) is 0.993. The number of ether oxygens (including phenoxy) is 1. The first-order valence-electron chi connectivity index (χ1n) is 13.3. The SMILES string of the molecule is COc1cccc(S(=O)(=O)N2CCCC(NC(=O)C(CC(C)C)NC(=O)c3oc4ccccc4c3C)C(=O)C2)c1. The molecular formula is C29H35N3O7S. The molecule has 1 fully saturated rings. The summed E-state index contributed by atoms with van der Waals surface area (Å²) in [6.45, 7) is 5.40. The van der Waals surface area contributed by atoms with Crippen LogP contribution in [0.15, 0.2) is 57.8 Å². The molecule has 3 aromatic rings. The van der Waals surface area contributed by atoms with E-state index in [2.05, 4.69) is 10.6 Å². The van der Waals surface area contributed by atoms with E-state index in [1.54, 1.807) is 25.1 Å². The second-order valence-corrected chi connectivity index (χ2v) is 12.3. The van der Waals surface area contributed by atoms with Gasteiger partial charge in [-0.15, -0.1) is 0 Å². The minimum Gasteiger partial charge on any atom is -0.497 e. The molecule has 0 spiro atoms.